The van der Waals surface area contributed by atoms with Crippen molar-refractivity contribution in [2.24, 2.45) is 5.73 Å². The van der Waals surface area contributed by atoms with Crippen LogP contribution in [0.1, 0.15) is 19.8 Å². The minimum atomic E-state index is -0.306. The van der Waals surface area contributed by atoms with Gasteiger partial charge in [0.05, 0.1) is 0 Å². The highest BCUT2D eigenvalue weighted by Gasteiger charge is 2.07. The smallest absolute Gasteiger partial charge is 0.231 e. The molecule has 0 fully saturated rings. The highest BCUT2D eigenvalue weighted by molar-refractivity contribution is 5.73. The number of nitrogens with one attached hydrogen (secondary N) is 2. The van der Waals surface area contributed by atoms with E-state index in [9.17, 15) is 4.79 Å². The van der Waals surface area contributed by atoms with Crippen molar-refractivity contribution in [1.82, 2.24) is 15.0 Å². The second kappa shape index (κ2) is 7.34. The van der Waals surface area contributed by atoms with Crippen LogP contribution in [0, 0.1) is 0 Å². The van der Waals surface area contributed by atoms with Gasteiger partial charge in [-0.15, -0.1) is 0 Å². The van der Waals surface area contributed by atoms with Gasteiger partial charge in [0.1, 0.15) is 0 Å². The van der Waals surface area contributed by atoms with E-state index < -0.39 is 0 Å². The topological polar surface area (TPSA) is 109 Å². The number of hydrogen-bond donors (Lipinski definition) is 3. The maximum Gasteiger partial charge on any atom is 0.231 e. The normalized spacial score (nSPS) is 10.1. The Hall–Kier alpha value is -2.12. The third kappa shape index (κ3) is 5.36. The van der Waals surface area contributed by atoms with E-state index in [2.05, 4.69) is 25.6 Å². The van der Waals surface area contributed by atoms with Crippen molar-refractivity contribution in [2.45, 2.75) is 19.8 Å². The predicted molar refractivity (Wildman–Crippen MR) is 75.2 cm³/mol. The summed E-state index contributed by atoms with van der Waals surface area (Å²) in [4.78, 5) is 25.2. The Morgan fingerprint density at radius 2 is 1.84 bits per heavy atom. The van der Waals surface area contributed by atoms with Gasteiger partial charge in [-0.3, -0.25) is 4.79 Å². The number of primary amides is 1. The van der Waals surface area contributed by atoms with Crippen LogP contribution in [0.15, 0.2) is 0 Å². The lowest BCUT2D eigenvalue weighted by atomic mass is 10.3. The number of carbonyl (C=O) groups excluding carboxylic acids is 1. The number of amides is 1. The lowest BCUT2D eigenvalue weighted by Crippen LogP contribution is -2.18. The number of nitrogens with two attached hydrogens (primary N) is 1. The van der Waals surface area contributed by atoms with Crippen molar-refractivity contribution >= 4 is 23.8 Å². The van der Waals surface area contributed by atoms with Crippen molar-refractivity contribution in [3.63, 3.8) is 0 Å². The number of hydrogen-bond acceptors (Lipinski definition) is 7. The van der Waals surface area contributed by atoms with Gasteiger partial charge in [-0.1, -0.05) is 0 Å². The fraction of sp³-hybridized carbons (Fsp3) is 0.636. The van der Waals surface area contributed by atoms with Crippen molar-refractivity contribution in [3.05, 3.63) is 0 Å². The zero-order valence-corrected chi connectivity index (χ0v) is 11.6. The molecule has 0 saturated carbocycles. The van der Waals surface area contributed by atoms with Crippen LogP contribution in [0.5, 0.6) is 0 Å². The molecule has 0 spiro atoms. The second-order valence-corrected chi connectivity index (χ2v) is 4.20. The lowest BCUT2D eigenvalue weighted by molar-refractivity contribution is -0.118. The molecule has 0 aliphatic rings. The van der Waals surface area contributed by atoms with Crippen LogP contribution < -0.4 is 21.3 Å². The van der Waals surface area contributed by atoms with Crippen molar-refractivity contribution in [2.75, 3.05) is 42.7 Å². The van der Waals surface area contributed by atoms with E-state index in [-0.39, 0.29) is 5.91 Å². The summed E-state index contributed by atoms with van der Waals surface area (Å²) in [5.41, 5.74) is 5.07. The van der Waals surface area contributed by atoms with Gasteiger partial charge < -0.3 is 21.3 Å². The molecule has 4 N–H and O–H groups in total. The quantitative estimate of drug-likeness (QED) is 0.571. The largest absolute Gasteiger partial charge is 0.370 e. The van der Waals surface area contributed by atoms with Crippen molar-refractivity contribution in [3.8, 4) is 0 Å². The number of rotatable bonds is 8. The van der Waals surface area contributed by atoms with E-state index in [1.807, 2.05) is 21.0 Å². The van der Waals surface area contributed by atoms with Crippen LogP contribution in [-0.4, -0.2) is 48.0 Å². The van der Waals surface area contributed by atoms with E-state index >= 15 is 0 Å². The third-order valence-electron chi connectivity index (χ3n) is 2.24. The standard InChI is InChI=1S/C11H21N7O/c1-4-13-9-15-10(14-7-5-6-8(12)19)17-11(16-9)18(2)3/h4-7H2,1-3H3,(H2,12,19)(H2,13,14,15,16,17). The molecule has 0 aliphatic carbocycles. The molecule has 8 heteroatoms. The average Bonchev–Trinajstić information content (AvgIpc) is 2.34. The summed E-state index contributed by atoms with van der Waals surface area (Å²) in [5.74, 6) is 1.28. The van der Waals surface area contributed by atoms with Crippen LogP contribution in [0.3, 0.4) is 0 Å². The van der Waals surface area contributed by atoms with Crippen LogP contribution in [0.2, 0.25) is 0 Å². The van der Waals surface area contributed by atoms with Crippen LogP contribution >= 0.6 is 0 Å². The summed E-state index contributed by atoms with van der Waals surface area (Å²) in [7, 11) is 3.73. The maximum absolute atomic E-state index is 10.6. The molecule has 0 aromatic carbocycles. The minimum absolute atomic E-state index is 0.306. The number of aromatic nitrogens is 3. The van der Waals surface area contributed by atoms with Crippen LogP contribution in [0.4, 0.5) is 17.8 Å². The average molecular weight is 267 g/mol. The Bertz CT molecular complexity index is 422. The van der Waals surface area contributed by atoms with E-state index in [0.717, 1.165) is 6.54 Å². The molecule has 106 valence electrons. The molecule has 1 aromatic rings. The first-order chi connectivity index (χ1) is 9.02. The monoisotopic (exact) mass is 267 g/mol. The van der Waals surface area contributed by atoms with Gasteiger partial charge in [-0.25, -0.2) is 0 Å². The first-order valence-electron chi connectivity index (χ1n) is 6.22. The van der Waals surface area contributed by atoms with E-state index in [1.54, 1.807) is 4.90 Å². The van der Waals surface area contributed by atoms with Crippen molar-refractivity contribution < 1.29 is 4.79 Å². The number of nitrogens with zero attached hydrogens (tertiary/aromatic N) is 4. The Morgan fingerprint density at radius 3 is 2.37 bits per heavy atom. The summed E-state index contributed by atoms with van der Waals surface area (Å²) >= 11 is 0. The first kappa shape index (κ1) is 14.9. The maximum atomic E-state index is 10.6. The molecule has 0 radical (unpaired) electrons. The fourth-order valence-electron chi connectivity index (χ4n) is 1.34. The summed E-state index contributed by atoms with van der Waals surface area (Å²) in [6.07, 6.45) is 0.994. The van der Waals surface area contributed by atoms with Crippen molar-refractivity contribution in [1.29, 1.82) is 0 Å². The van der Waals surface area contributed by atoms with Gasteiger partial charge in [0, 0.05) is 33.6 Å². The van der Waals surface area contributed by atoms with E-state index in [0.29, 0.717) is 37.2 Å². The molecular weight excluding hydrogens is 246 g/mol. The van der Waals surface area contributed by atoms with Gasteiger partial charge in [0.2, 0.25) is 23.8 Å². The fourth-order valence-corrected chi connectivity index (χ4v) is 1.34. The molecule has 0 saturated heterocycles. The molecule has 1 amide bonds. The minimum Gasteiger partial charge on any atom is -0.370 e. The van der Waals surface area contributed by atoms with Gasteiger partial charge in [-0.05, 0) is 13.3 Å². The predicted octanol–water partition coefficient (Wildman–Crippen LogP) is 0.0468. The first-order valence-corrected chi connectivity index (χ1v) is 6.22. The summed E-state index contributed by atoms with van der Waals surface area (Å²) < 4.78 is 0. The summed E-state index contributed by atoms with van der Waals surface area (Å²) in [6.45, 7) is 3.29. The molecule has 0 unspecified atom stereocenters. The third-order valence-corrected chi connectivity index (χ3v) is 2.24. The molecule has 8 nitrogen and oxygen atoms in total. The highest BCUT2D eigenvalue weighted by Crippen LogP contribution is 2.11. The Morgan fingerprint density at radius 1 is 1.21 bits per heavy atom. The zero-order valence-electron chi connectivity index (χ0n) is 11.6. The summed E-state index contributed by atoms with van der Waals surface area (Å²) in [5, 5.41) is 6.11. The van der Waals surface area contributed by atoms with E-state index in [1.165, 1.54) is 0 Å². The van der Waals surface area contributed by atoms with E-state index in [4.69, 9.17) is 5.73 Å². The highest BCUT2D eigenvalue weighted by atomic mass is 16.1. The van der Waals surface area contributed by atoms with Gasteiger partial charge in [-0.2, -0.15) is 15.0 Å². The summed E-state index contributed by atoms with van der Waals surface area (Å²) in [6, 6.07) is 0. The molecular formula is C11H21N7O. The van der Waals surface area contributed by atoms with Crippen LogP contribution in [0.25, 0.3) is 0 Å². The molecule has 0 bridgehead atoms. The van der Waals surface area contributed by atoms with Gasteiger partial charge >= 0.3 is 0 Å². The Balaban J connectivity index is 2.67. The van der Waals surface area contributed by atoms with Gasteiger partial charge in [0.25, 0.3) is 0 Å². The molecule has 0 atom stereocenters. The van der Waals surface area contributed by atoms with Crippen LogP contribution in [-0.2, 0) is 4.79 Å². The number of anilines is 3. The van der Waals surface area contributed by atoms with Gasteiger partial charge in [0.15, 0.2) is 0 Å². The Labute approximate surface area is 112 Å². The lowest BCUT2D eigenvalue weighted by Gasteiger charge is -2.13. The Kier molecular flexibility index (Phi) is 5.77. The molecule has 1 aromatic heterocycles. The molecule has 0 aliphatic heterocycles. The molecule has 1 rings (SSSR count). The SMILES string of the molecule is CCNc1nc(NCCCC(N)=O)nc(N(C)C)n1. The number of carbonyl (C=O) groups is 1. The molecule has 19 heavy (non-hydrogen) atoms. The zero-order chi connectivity index (χ0) is 14.3. The molecule has 1 heterocycles. The second-order valence-electron chi connectivity index (χ2n) is 4.20.